The van der Waals surface area contributed by atoms with Crippen molar-refractivity contribution in [3.63, 3.8) is 0 Å². The number of likely N-dealkylation sites (N-methyl/N-ethyl adjacent to an activating group) is 1. The van der Waals surface area contributed by atoms with Crippen molar-refractivity contribution in [3.8, 4) is 0 Å². The van der Waals surface area contributed by atoms with Crippen LogP contribution in [0.5, 0.6) is 0 Å². The van der Waals surface area contributed by atoms with Crippen molar-refractivity contribution in [2.45, 2.75) is 69.7 Å². The summed E-state index contributed by atoms with van der Waals surface area (Å²) < 4.78 is 0. The fraction of sp³-hybridized carbons (Fsp3) is 0.957. The Hall–Kier alpha value is -0.120. The van der Waals surface area contributed by atoms with E-state index >= 15 is 0 Å². The first kappa shape index (κ1) is 26.1. The lowest BCUT2D eigenvalue weighted by Crippen LogP contribution is -2.59. The topological polar surface area (TPSA) is 46.1 Å². The highest BCUT2D eigenvalue weighted by Gasteiger charge is 2.38. The zero-order valence-corrected chi connectivity index (χ0v) is 22.0. The van der Waals surface area contributed by atoms with Gasteiger partial charge in [0.05, 0.1) is 0 Å². The number of rotatable bonds is 8. The van der Waals surface area contributed by atoms with Gasteiger partial charge >= 0.3 is 0 Å². The van der Waals surface area contributed by atoms with Crippen molar-refractivity contribution >= 4 is 29.9 Å². The smallest absolute Gasteiger partial charge is 0.191 e. The highest BCUT2D eigenvalue weighted by molar-refractivity contribution is 14.0. The molecule has 2 saturated heterocycles. The normalized spacial score (nSPS) is 24.3. The average Bonchev–Trinajstić information content (AvgIpc) is 2.78. The van der Waals surface area contributed by atoms with Crippen LogP contribution < -0.4 is 10.6 Å². The third-order valence-corrected chi connectivity index (χ3v) is 7.41. The summed E-state index contributed by atoms with van der Waals surface area (Å²) in [6.45, 7) is 10.8. The number of hydrogen-bond acceptors (Lipinski definition) is 4. The Kier molecular flexibility index (Phi) is 12.3. The van der Waals surface area contributed by atoms with Gasteiger partial charge in [-0.25, -0.2) is 0 Å². The van der Waals surface area contributed by atoms with Crippen LogP contribution in [0.4, 0.5) is 0 Å². The van der Waals surface area contributed by atoms with Gasteiger partial charge in [0.2, 0.25) is 0 Å². The molecule has 2 aliphatic heterocycles. The molecule has 0 aromatic carbocycles. The van der Waals surface area contributed by atoms with Crippen molar-refractivity contribution in [2.24, 2.45) is 4.99 Å². The Bertz CT molecular complexity index is 480. The molecule has 7 heteroatoms. The highest BCUT2D eigenvalue weighted by atomic mass is 127. The SMILES string of the molecule is CN=C(NCCCCN1CCN(C)CC1)NCC1(N2CCCCC2)CCCCC1.I. The first-order valence-corrected chi connectivity index (χ1v) is 12.3. The summed E-state index contributed by atoms with van der Waals surface area (Å²) in [5, 5.41) is 7.27. The molecule has 0 atom stereocenters. The summed E-state index contributed by atoms with van der Waals surface area (Å²) in [6.07, 6.45) is 13.5. The van der Waals surface area contributed by atoms with E-state index < -0.39 is 0 Å². The van der Waals surface area contributed by atoms with Crippen LogP contribution in [-0.2, 0) is 0 Å². The zero-order chi connectivity index (χ0) is 20.4. The highest BCUT2D eigenvalue weighted by Crippen LogP contribution is 2.35. The van der Waals surface area contributed by atoms with E-state index in [1.807, 2.05) is 7.05 Å². The minimum absolute atomic E-state index is 0. The molecule has 2 heterocycles. The van der Waals surface area contributed by atoms with Crippen LogP contribution in [0.15, 0.2) is 4.99 Å². The second-order valence-corrected chi connectivity index (χ2v) is 9.54. The van der Waals surface area contributed by atoms with Crippen molar-refractivity contribution in [3.05, 3.63) is 0 Å². The van der Waals surface area contributed by atoms with Gasteiger partial charge in [0, 0.05) is 51.9 Å². The van der Waals surface area contributed by atoms with Crippen LogP contribution in [-0.4, -0.2) is 99.2 Å². The molecule has 3 rings (SSSR count). The Morgan fingerprint density at radius 3 is 2.17 bits per heavy atom. The number of piperidine rings is 1. The lowest BCUT2D eigenvalue weighted by molar-refractivity contribution is 0.0368. The fourth-order valence-corrected chi connectivity index (χ4v) is 5.39. The number of unbranched alkanes of at least 4 members (excludes halogenated alkanes) is 1. The van der Waals surface area contributed by atoms with E-state index in [1.54, 1.807) is 0 Å². The summed E-state index contributed by atoms with van der Waals surface area (Å²) in [7, 11) is 4.14. The first-order valence-electron chi connectivity index (χ1n) is 12.3. The number of nitrogens with one attached hydrogen (secondary N) is 2. The molecular formula is C23H47IN6. The summed E-state index contributed by atoms with van der Waals surface area (Å²) in [6, 6.07) is 0. The average molecular weight is 535 g/mol. The minimum Gasteiger partial charge on any atom is -0.356 e. The second-order valence-electron chi connectivity index (χ2n) is 9.54. The van der Waals surface area contributed by atoms with Gasteiger partial charge in [-0.2, -0.15) is 0 Å². The van der Waals surface area contributed by atoms with Gasteiger partial charge in [0.25, 0.3) is 0 Å². The Morgan fingerprint density at radius 1 is 0.833 bits per heavy atom. The van der Waals surface area contributed by atoms with Crippen molar-refractivity contribution in [2.75, 3.05) is 73.0 Å². The van der Waals surface area contributed by atoms with Crippen LogP contribution in [0.2, 0.25) is 0 Å². The Balaban J connectivity index is 0.00000320. The molecule has 2 N–H and O–H groups in total. The molecule has 1 aliphatic carbocycles. The maximum absolute atomic E-state index is 4.50. The second kappa shape index (κ2) is 14.1. The van der Waals surface area contributed by atoms with E-state index in [9.17, 15) is 0 Å². The van der Waals surface area contributed by atoms with Gasteiger partial charge in [-0.15, -0.1) is 24.0 Å². The van der Waals surface area contributed by atoms with Crippen LogP contribution in [0, 0.1) is 0 Å². The lowest BCUT2D eigenvalue weighted by atomic mass is 9.79. The number of likely N-dealkylation sites (tertiary alicyclic amines) is 1. The van der Waals surface area contributed by atoms with E-state index in [-0.39, 0.29) is 24.0 Å². The van der Waals surface area contributed by atoms with Gasteiger partial charge in [-0.05, 0) is 65.2 Å². The molecule has 6 nitrogen and oxygen atoms in total. The van der Waals surface area contributed by atoms with Crippen molar-refractivity contribution < 1.29 is 0 Å². The maximum Gasteiger partial charge on any atom is 0.191 e. The molecule has 0 radical (unpaired) electrons. The van der Waals surface area contributed by atoms with Gasteiger partial charge in [-0.3, -0.25) is 9.89 Å². The number of hydrogen-bond donors (Lipinski definition) is 2. The number of guanidine groups is 1. The van der Waals surface area contributed by atoms with Crippen LogP contribution in [0.1, 0.15) is 64.2 Å². The minimum atomic E-state index is 0. The van der Waals surface area contributed by atoms with E-state index in [2.05, 4.69) is 37.4 Å². The van der Waals surface area contributed by atoms with Crippen LogP contribution in [0.3, 0.4) is 0 Å². The van der Waals surface area contributed by atoms with Gasteiger partial charge in [-0.1, -0.05) is 25.7 Å². The molecule has 0 aromatic rings. The molecule has 3 aliphatic rings. The molecule has 0 unspecified atom stereocenters. The predicted octanol–water partition coefficient (Wildman–Crippen LogP) is 2.99. The van der Waals surface area contributed by atoms with E-state index in [0.717, 1.165) is 19.0 Å². The number of aliphatic imine (C=N–C) groups is 1. The van der Waals surface area contributed by atoms with Crippen molar-refractivity contribution in [1.29, 1.82) is 0 Å². The van der Waals surface area contributed by atoms with E-state index in [0.29, 0.717) is 5.54 Å². The lowest BCUT2D eigenvalue weighted by Gasteiger charge is -2.48. The summed E-state index contributed by atoms with van der Waals surface area (Å²) in [5.41, 5.74) is 0.359. The predicted molar refractivity (Wildman–Crippen MR) is 139 cm³/mol. The molecule has 3 fully saturated rings. The van der Waals surface area contributed by atoms with E-state index in [1.165, 1.54) is 110 Å². The number of nitrogens with zero attached hydrogens (tertiary/aromatic N) is 4. The third-order valence-electron chi connectivity index (χ3n) is 7.41. The zero-order valence-electron chi connectivity index (χ0n) is 19.6. The molecule has 176 valence electrons. The monoisotopic (exact) mass is 534 g/mol. The van der Waals surface area contributed by atoms with Gasteiger partial charge in [0.15, 0.2) is 5.96 Å². The largest absolute Gasteiger partial charge is 0.356 e. The first-order chi connectivity index (χ1) is 14.2. The third kappa shape index (κ3) is 8.10. The van der Waals surface area contributed by atoms with E-state index in [4.69, 9.17) is 0 Å². The fourth-order valence-electron chi connectivity index (χ4n) is 5.39. The van der Waals surface area contributed by atoms with Crippen LogP contribution in [0.25, 0.3) is 0 Å². The number of halogens is 1. The summed E-state index contributed by atoms with van der Waals surface area (Å²) in [5.74, 6) is 0.992. The molecule has 0 amide bonds. The quantitative estimate of drug-likeness (QED) is 0.217. The molecule has 0 aromatic heterocycles. The standard InChI is InChI=1S/C23H46N6.HI/c1-24-22(25-13-7-10-14-28-19-17-27(2)18-20-28)26-21-23(11-5-3-6-12-23)29-15-8-4-9-16-29;/h3-21H2,1-2H3,(H2,24,25,26);1H. The van der Waals surface area contributed by atoms with Crippen molar-refractivity contribution in [1.82, 2.24) is 25.3 Å². The maximum atomic E-state index is 4.50. The number of piperazine rings is 1. The Labute approximate surface area is 202 Å². The van der Waals surface area contributed by atoms with Crippen LogP contribution >= 0.6 is 24.0 Å². The summed E-state index contributed by atoms with van der Waals surface area (Å²) in [4.78, 5) is 12.4. The van der Waals surface area contributed by atoms with Gasteiger partial charge in [0.1, 0.15) is 0 Å². The molecule has 30 heavy (non-hydrogen) atoms. The molecular weight excluding hydrogens is 487 g/mol. The summed E-state index contributed by atoms with van der Waals surface area (Å²) >= 11 is 0. The molecule has 0 bridgehead atoms. The Morgan fingerprint density at radius 2 is 1.50 bits per heavy atom. The molecule has 1 saturated carbocycles. The molecule has 0 spiro atoms. The van der Waals surface area contributed by atoms with Gasteiger partial charge < -0.3 is 20.4 Å².